The molecule has 2 atom stereocenters. The highest BCUT2D eigenvalue weighted by molar-refractivity contribution is 7.92. The summed E-state index contributed by atoms with van der Waals surface area (Å²) in [6.45, 7) is 5.35. The molecule has 0 saturated carbocycles. The van der Waals surface area contributed by atoms with Crippen LogP contribution in [-0.4, -0.2) is 50.9 Å². The van der Waals surface area contributed by atoms with Gasteiger partial charge < -0.3 is 15.0 Å². The Balaban J connectivity index is 1.83. The molecule has 0 saturated heterocycles. The number of hydrogen-bond acceptors (Lipinski definition) is 5. The third-order valence-electron chi connectivity index (χ3n) is 7.74. The van der Waals surface area contributed by atoms with Crippen molar-refractivity contribution in [1.29, 1.82) is 0 Å². The van der Waals surface area contributed by atoms with E-state index >= 15 is 0 Å². The first-order chi connectivity index (χ1) is 22.0. The van der Waals surface area contributed by atoms with E-state index in [1.807, 2.05) is 75.4 Å². The summed E-state index contributed by atoms with van der Waals surface area (Å²) < 4.78 is 34.6. The van der Waals surface area contributed by atoms with Crippen LogP contribution in [0.4, 0.5) is 5.69 Å². The van der Waals surface area contributed by atoms with Gasteiger partial charge in [0.05, 0.1) is 22.7 Å². The maximum Gasteiger partial charge on any atom is 0.264 e. The largest absolute Gasteiger partial charge is 0.495 e. The van der Waals surface area contributed by atoms with Crippen molar-refractivity contribution in [3.05, 3.63) is 125 Å². The quantitative estimate of drug-likeness (QED) is 0.169. The Morgan fingerprint density at radius 2 is 1.54 bits per heavy atom. The minimum absolute atomic E-state index is 0.00956. The molecule has 0 bridgehead atoms. The summed E-state index contributed by atoms with van der Waals surface area (Å²) in [5.41, 5.74) is 2.86. The number of aryl methyl sites for hydroxylation is 1. The summed E-state index contributed by atoms with van der Waals surface area (Å²) >= 11 is 6.44. The zero-order chi connectivity index (χ0) is 33.3. The highest BCUT2D eigenvalue weighted by atomic mass is 35.5. The van der Waals surface area contributed by atoms with Gasteiger partial charge >= 0.3 is 0 Å². The molecule has 0 aliphatic carbocycles. The standard InChI is InChI=1S/C36H40ClN3O5S/c1-5-27(3)38-36(42)33(22-28-14-8-6-9-15-28)39(24-29-16-12-13-26(2)21-29)35(41)25-40(30-19-20-34(45-4)32(37)23-30)46(43,44)31-17-10-7-11-18-31/h6-21,23,27,33H,5,22,24-25H2,1-4H3,(H,38,42)/t27-,33+/m0/s1. The van der Waals surface area contributed by atoms with Gasteiger partial charge in [-0.3, -0.25) is 13.9 Å². The summed E-state index contributed by atoms with van der Waals surface area (Å²) in [5.74, 6) is -0.503. The molecule has 0 heterocycles. The Morgan fingerprint density at radius 3 is 2.15 bits per heavy atom. The fourth-order valence-corrected chi connectivity index (χ4v) is 6.74. The van der Waals surface area contributed by atoms with Gasteiger partial charge in [-0.25, -0.2) is 8.42 Å². The fraction of sp³-hybridized carbons (Fsp3) is 0.278. The van der Waals surface area contributed by atoms with Crippen LogP contribution in [0.15, 0.2) is 108 Å². The number of amides is 2. The fourth-order valence-electron chi connectivity index (χ4n) is 5.06. The Hall–Kier alpha value is -4.34. The monoisotopic (exact) mass is 661 g/mol. The zero-order valence-electron chi connectivity index (χ0n) is 26.5. The Bertz CT molecular complexity index is 1740. The Morgan fingerprint density at radius 1 is 0.891 bits per heavy atom. The molecular formula is C36H40ClN3O5S. The molecular weight excluding hydrogens is 622 g/mol. The molecule has 8 nitrogen and oxygen atoms in total. The highest BCUT2D eigenvalue weighted by Gasteiger charge is 2.35. The van der Waals surface area contributed by atoms with E-state index in [2.05, 4.69) is 5.32 Å². The van der Waals surface area contributed by atoms with Gasteiger partial charge in [0.2, 0.25) is 11.8 Å². The molecule has 242 valence electrons. The number of nitrogens with one attached hydrogen (secondary N) is 1. The number of sulfonamides is 1. The number of ether oxygens (including phenoxy) is 1. The van der Waals surface area contributed by atoms with Gasteiger partial charge in [0.25, 0.3) is 10.0 Å². The van der Waals surface area contributed by atoms with Crippen LogP contribution in [0.1, 0.15) is 37.0 Å². The molecule has 2 amide bonds. The molecule has 0 unspecified atom stereocenters. The molecule has 0 aliphatic rings. The van der Waals surface area contributed by atoms with Crippen LogP contribution in [0.25, 0.3) is 0 Å². The smallest absolute Gasteiger partial charge is 0.264 e. The SMILES string of the molecule is CC[C@H](C)NC(=O)[C@@H](Cc1ccccc1)N(Cc1cccc(C)c1)C(=O)CN(c1ccc(OC)c(Cl)c1)S(=O)(=O)c1ccccc1. The normalized spacial score (nSPS) is 12.5. The maximum absolute atomic E-state index is 14.6. The second-order valence-electron chi connectivity index (χ2n) is 11.2. The highest BCUT2D eigenvalue weighted by Crippen LogP contribution is 2.32. The van der Waals surface area contributed by atoms with Crippen LogP contribution in [-0.2, 0) is 32.6 Å². The lowest BCUT2D eigenvalue weighted by Gasteiger charge is -2.34. The number of carbonyl (C=O) groups excluding carboxylic acids is 2. The molecule has 0 aliphatic heterocycles. The van der Waals surface area contributed by atoms with E-state index in [4.69, 9.17) is 16.3 Å². The van der Waals surface area contributed by atoms with Crippen molar-refractivity contribution in [3.8, 4) is 5.75 Å². The first kappa shape index (κ1) is 34.5. The van der Waals surface area contributed by atoms with E-state index in [9.17, 15) is 18.0 Å². The maximum atomic E-state index is 14.6. The van der Waals surface area contributed by atoms with Crippen LogP contribution in [0.3, 0.4) is 0 Å². The average molecular weight is 662 g/mol. The third kappa shape index (κ3) is 8.68. The number of rotatable bonds is 14. The number of benzene rings is 4. The van der Waals surface area contributed by atoms with E-state index in [1.165, 1.54) is 30.2 Å². The van der Waals surface area contributed by atoms with Crippen LogP contribution >= 0.6 is 11.6 Å². The lowest BCUT2D eigenvalue weighted by Crippen LogP contribution is -2.54. The molecule has 0 aromatic heterocycles. The van der Waals surface area contributed by atoms with E-state index in [-0.39, 0.29) is 40.5 Å². The van der Waals surface area contributed by atoms with Crippen LogP contribution < -0.4 is 14.4 Å². The van der Waals surface area contributed by atoms with Crippen molar-refractivity contribution < 1.29 is 22.7 Å². The number of carbonyl (C=O) groups is 2. The number of nitrogens with zero attached hydrogens (tertiary/aromatic N) is 2. The van der Waals surface area contributed by atoms with Gasteiger partial charge in [0.1, 0.15) is 18.3 Å². The van der Waals surface area contributed by atoms with E-state index in [0.29, 0.717) is 12.2 Å². The summed E-state index contributed by atoms with van der Waals surface area (Å²) in [5, 5.41) is 3.23. The van der Waals surface area contributed by atoms with Crippen molar-refractivity contribution in [2.24, 2.45) is 0 Å². The average Bonchev–Trinajstić information content (AvgIpc) is 3.05. The number of hydrogen-bond donors (Lipinski definition) is 1. The van der Waals surface area contributed by atoms with Gasteiger partial charge in [0.15, 0.2) is 0 Å². The molecule has 0 spiro atoms. The molecule has 0 fully saturated rings. The third-order valence-corrected chi connectivity index (χ3v) is 9.82. The lowest BCUT2D eigenvalue weighted by atomic mass is 10.0. The lowest BCUT2D eigenvalue weighted by molar-refractivity contribution is -0.140. The summed E-state index contributed by atoms with van der Waals surface area (Å²) in [4.78, 5) is 30.0. The van der Waals surface area contributed by atoms with Gasteiger partial charge in [-0.15, -0.1) is 0 Å². The van der Waals surface area contributed by atoms with E-state index in [0.717, 1.165) is 21.0 Å². The minimum Gasteiger partial charge on any atom is -0.495 e. The Labute approximate surface area is 277 Å². The van der Waals surface area contributed by atoms with Gasteiger partial charge in [-0.1, -0.05) is 96.9 Å². The number of methoxy groups -OCH3 is 1. The van der Waals surface area contributed by atoms with Crippen molar-refractivity contribution in [2.75, 3.05) is 18.0 Å². The molecule has 10 heteroatoms. The second-order valence-corrected chi connectivity index (χ2v) is 13.4. The summed E-state index contributed by atoms with van der Waals surface area (Å²) in [6, 6.07) is 28.5. The Kier molecular flexibility index (Phi) is 11.8. The van der Waals surface area contributed by atoms with Crippen molar-refractivity contribution in [1.82, 2.24) is 10.2 Å². The summed E-state index contributed by atoms with van der Waals surface area (Å²) in [6.07, 6.45) is 0.942. The predicted octanol–water partition coefficient (Wildman–Crippen LogP) is 6.41. The van der Waals surface area contributed by atoms with Crippen molar-refractivity contribution in [2.45, 2.75) is 57.1 Å². The van der Waals surface area contributed by atoms with Crippen LogP contribution in [0.2, 0.25) is 5.02 Å². The van der Waals surface area contributed by atoms with Gasteiger partial charge in [-0.2, -0.15) is 0 Å². The van der Waals surface area contributed by atoms with Crippen molar-refractivity contribution >= 4 is 39.1 Å². The van der Waals surface area contributed by atoms with Crippen molar-refractivity contribution in [3.63, 3.8) is 0 Å². The molecule has 0 radical (unpaired) electrons. The minimum atomic E-state index is -4.24. The first-order valence-corrected chi connectivity index (χ1v) is 17.0. The van der Waals surface area contributed by atoms with E-state index in [1.54, 1.807) is 30.3 Å². The van der Waals surface area contributed by atoms with Crippen LogP contribution in [0, 0.1) is 6.92 Å². The topological polar surface area (TPSA) is 96.0 Å². The second kappa shape index (κ2) is 15.8. The molecule has 46 heavy (non-hydrogen) atoms. The molecule has 4 rings (SSSR count). The number of anilines is 1. The van der Waals surface area contributed by atoms with Gasteiger partial charge in [0, 0.05) is 19.0 Å². The van der Waals surface area contributed by atoms with Gasteiger partial charge in [-0.05, 0) is 61.7 Å². The molecule has 4 aromatic carbocycles. The molecule has 4 aromatic rings. The molecule has 1 N–H and O–H groups in total. The van der Waals surface area contributed by atoms with Crippen LogP contribution in [0.5, 0.6) is 5.75 Å². The first-order valence-electron chi connectivity index (χ1n) is 15.1. The summed E-state index contributed by atoms with van der Waals surface area (Å²) in [7, 11) is -2.78. The zero-order valence-corrected chi connectivity index (χ0v) is 28.1. The van der Waals surface area contributed by atoms with E-state index < -0.39 is 28.5 Å². The number of halogens is 1. The predicted molar refractivity (Wildman–Crippen MR) is 183 cm³/mol.